The molecule has 5 heteroatoms. The Labute approximate surface area is 98.3 Å². The molecule has 0 fully saturated rings. The van der Waals surface area contributed by atoms with E-state index in [0.717, 1.165) is 5.56 Å². The lowest BCUT2D eigenvalue weighted by Crippen LogP contribution is -2.15. The highest BCUT2D eigenvalue weighted by Gasteiger charge is 2.10. The Bertz CT molecular complexity index is 323. The van der Waals surface area contributed by atoms with E-state index in [2.05, 4.69) is 0 Å². The van der Waals surface area contributed by atoms with E-state index in [1.165, 1.54) is 0 Å². The minimum Gasteiger partial charge on any atom is -0.375 e. The van der Waals surface area contributed by atoms with Gasteiger partial charge in [0.25, 0.3) is 6.43 Å². The van der Waals surface area contributed by atoms with Crippen LogP contribution in [0.4, 0.5) is 8.78 Å². The summed E-state index contributed by atoms with van der Waals surface area (Å²) in [6.45, 7) is -0.341. The minimum atomic E-state index is -2.43. The van der Waals surface area contributed by atoms with Gasteiger partial charge in [0.15, 0.2) is 0 Å². The van der Waals surface area contributed by atoms with Crippen molar-refractivity contribution >= 4 is 11.6 Å². The molecule has 0 bridgehead atoms. The third kappa shape index (κ3) is 4.43. The van der Waals surface area contributed by atoms with Gasteiger partial charge in [-0.1, -0.05) is 29.8 Å². The zero-order valence-electron chi connectivity index (χ0n) is 8.70. The molecular weight excluding hydrogens is 236 g/mol. The number of rotatable bonds is 6. The fourth-order valence-corrected chi connectivity index (χ4v) is 1.59. The molecule has 0 saturated carbocycles. The molecule has 90 valence electrons. The summed E-state index contributed by atoms with van der Waals surface area (Å²) in [6.07, 6.45) is -1.97. The maximum Gasteiger partial charge on any atom is 0.261 e. The number of halogens is 3. The van der Waals surface area contributed by atoms with Crippen molar-refractivity contribution in [2.45, 2.75) is 18.9 Å². The molecule has 0 saturated heterocycles. The van der Waals surface area contributed by atoms with Gasteiger partial charge in [0.1, 0.15) is 6.61 Å². The zero-order chi connectivity index (χ0) is 12.0. The van der Waals surface area contributed by atoms with Crippen LogP contribution >= 0.6 is 11.6 Å². The summed E-state index contributed by atoms with van der Waals surface area (Å²) >= 11 is 5.94. The van der Waals surface area contributed by atoms with Gasteiger partial charge in [0.2, 0.25) is 0 Å². The highest BCUT2D eigenvalue weighted by Crippen LogP contribution is 2.22. The number of benzene rings is 1. The second-order valence-corrected chi connectivity index (χ2v) is 3.79. The van der Waals surface area contributed by atoms with Gasteiger partial charge in [-0.3, -0.25) is 0 Å². The smallest absolute Gasteiger partial charge is 0.261 e. The van der Waals surface area contributed by atoms with Crippen LogP contribution in [0, 0.1) is 0 Å². The van der Waals surface area contributed by atoms with Crippen LogP contribution in [-0.4, -0.2) is 19.6 Å². The fraction of sp³-hybridized carbons (Fsp3) is 0.455. The number of hydrogen-bond donors (Lipinski definition) is 1. The number of ether oxygens (including phenoxy) is 1. The van der Waals surface area contributed by atoms with Crippen molar-refractivity contribution < 1.29 is 13.5 Å². The molecule has 2 nitrogen and oxygen atoms in total. The molecule has 0 aromatic heterocycles. The summed E-state index contributed by atoms with van der Waals surface area (Å²) in [7, 11) is 0. The van der Waals surface area contributed by atoms with E-state index in [9.17, 15) is 8.78 Å². The molecule has 1 atom stereocenters. The van der Waals surface area contributed by atoms with Gasteiger partial charge in [0.05, 0.1) is 0 Å². The number of alkyl halides is 2. The van der Waals surface area contributed by atoms with E-state index in [4.69, 9.17) is 22.1 Å². The van der Waals surface area contributed by atoms with Crippen LogP contribution in [-0.2, 0) is 4.74 Å². The van der Waals surface area contributed by atoms with E-state index in [-0.39, 0.29) is 12.6 Å². The van der Waals surface area contributed by atoms with E-state index in [0.29, 0.717) is 11.4 Å². The molecule has 1 aromatic rings. The monoisotopic (exact) mass is 249 g/mol. The predicted molar refractivity (Wildman–Crippen MR) is 59.8 cm³/mol. The van der Waals surface area contributed by atoms with Crippen LogP contribution in [0.2, 0.25) is 5.02 Å². The number of nitrogens with two attached hydrogens (primary N) is 1. The molecule has 0 spiro atoms. The standard InChI is InChI=1S/C11H14ClF2NO/c12-9-4-2-1-3-8(9)10(15)5-6-16-7-11(13)14/h1-4,10-11H,5-7,15H2. The lowest BCUT2D eigenvalue weighted by atomic mass is 10.1. The van der Waals surface area contributed by atoms with Crippen molar-refractivity contribution in [1.29, 1.82) is 0 Å². The van der Waals surface area contributed by atoms with Crippen LogP contribution in [0.5, 0.6) is 0 Å². The van der Waals surface area contributed by atoms with E-state index in [1.54, 1.807) is 6.07 Å². The van der Waals surface area contributed by atoms with Crippen molar-refractivity contribution in [3.63, 3.8) is 0 Å². The van der Waals surface area contributed by atoms with E-state index < -0.39 is 13.0 Å². The van der Waals surface area contributed by atoms with Crippen LogP contribution in [0.1, 0.15) is 18.0 Å². The van der Waals surface area contributed by atoms with Gasteiger partial charge in [-0.15, -0.1) is 0 Å². The first kappa shape index (κ1) is 13.4. The Morgan fingerprint density at radius 1 is 1.31 bits per heavy atom. The maximum atomic E-state index is 11.8. The summed E-state index contributed by atoms with van der Waals surface area (Å²) in [5.74, 6) is 0. The summed E-state index contributed by atoms with van der Waals surface area (Å²) in [4.78, 5) is 0. The lowest BCUT2D eigenvalue weighted by molar-refractivity contribution is 0.0152. The first-order valence-corrected chi connectivity index (χ1v) is 5.35. The first-order chi connectivity index (χ1) is 7.61. The van der Waals surface area contributed by atoms with Crippen molar-refractivity contribution in [3.8, 4) is 0 Å². The van der Waals surface area contributed by atoms with Crippen molar-refractivity contribution in [2.24, 2.45) is 5.73 Å². The molecular formula is C11H14ClF2NO. The molecule has 0 radical (unpaired) electrons. The summed E-state index contributed by atoms with van der Waals surface area (Å²) in [5, 5.41) is 0.587. The van der Waals surface area contributed by atoms with Gasteiger partial charge in [0, 0.05) is 17.7 Å². The maximum absolute atomic E-state index is 11.8. The Morgan fingerprint density at radius 2 is 2.00 bits per heavy atom. The number of hydrogen-bond acceptors (Lipinski definition) is 2. The largest absolute Gasteiger partial charge is 0.375 e. The molecule has 0 aliphatic heterocycles. The van der Waals surface area contributed by atoms with Crippen LogP contribution in [0.25, 0.3) is 0 Å². The molecule has 0 aliphatic rings. The molecule has 1 unspecified atom stereocenters. The van der Waals surface area contributed by atoms with Crippen LogP contribution < -0.4 is 5.73 Å². The Kier molecular flexibility index (Phi) is 5.66. The van der Waals surface area contributed by atoms with E-state index >= 15 is 0 Å². The normalized spacial score (nSPS) is 13.1. The molecule has 16 heavy (non-hydrogen) atoms. The third-order valence-electron chi connectivity index (χ3n) is 2.12. The van der Waals surface area contributed by atoms with Crippen molar-refractivity contribution in [3.05, 3.63) is 34.9 Å². The third-order valence-corrected chi connectivity index (χ3v) is 2.47. The summed E-state index contributed by atoms with van der Waals surface area (Å²) < 4.78 is 28.3. The molecule has 0 heterocycles. The lowest BCUT2D eigenvalue weighted by Gasteiger charge is -2.13. The molecule has 2 N–H and O–H groups in total. The summed E-state index contributed by atoms with van der Waals surface area (Å²) in [6, 6.07) is 6.93. The first-order valence-electron chi connectivity index (χ1n) is 4.97. The fourth-order valence-electron chi connectivity index (χ4n) is 1.31. The average Bonchev–Trinajstić information content (AvgIpc) is 2.24. The SMILES string of the molecule is NC(CCOCC(F)F)c1ccccc1Cl. The van der Waals surface area contributed by atoms with Crippen molar-refractivity contribution in [1.82, 2.24) is 0 Å². The summed E-state index contributed by atoms with van der Waals surface area (Å²) in [5.41, 5.74) is 6.67. The minimum absolute atomic E-state index is 0.205. The Morgan fingerprint density at radius 3 is 2.62 bits per heavy atom. The topological polar surface area (TPSA) is 35.2 Å². The molecule has 1 rings (SSSR count). The van der Waals surface area contributed by atoms with E-state index in [1.807, 2.05) is 18.2 Å². The van der Waals surface area contributed by atoms with Gasteiger partial charge in [-0.05, 0) is 18.1 Å². The average molecular weight is 250 g/mol. The van der Waals surface area contributed by atoms with Crippen LogP contribution in [0.3, 0.4) is 0 Å². The van der Waals surface area contributed by atoms with Gasteiger partial charge < -0.3 is 10.5 Å². The quantitative estimate of drug-likeness (QED) is 0.787. The van der Waals surface area contributed by atoms with Gasteiger partial charge >= 0.3 is 0 Å². The van der Waals surface area contributed by atoms with Crippen molar-refractivity contribution in [2.75, 3.05) is 13.2 Å². The Balaban J connectivity index is 2.35. The Hall–Kier alpha value is -0.710. The second kappa shape index (κ2) is 6.78. The van der Waals surface area contributed by atoms with Gasteiger partial charge in [-0.25, -0.2) is 8.78 Å². The molecule has 1 aromatic carbocycles. The predicted octanol–water partition coefficient (Wildman–Crippen LogP) is 3.01. The molecule has 0 aliphatic carbocycles. The second-order valence-electron chi connectivity index (χ2n) is 3.38. The molecule has 0 amide bonds. The highest BCUT2D eigenvalue weighted by molar-refractivity contribution is 6.31. The highest BCUT2D eigenvalue weighted by atomic mass is 35.5. The zero-order valence-corrected chi connectivity index (χ0v) is 9.46. The van der Waals surface area contributed by atoms with Crippen LogP contribution in [0.15, 0.2) is 24.3 Å². The van der Waals surface area contributed by atoms with Gasteiger partial charge in [-0.2, -0.15) is 0 Å².